The first kappa shape index (κ1) is 17.6. The molecule has 0 spiro atoms. The molecule has 0 bridgehead atoms. The fraction of sp³-hybridized carbons (Fsp3) is 0.562. The average Bonchev–Trinajstić information content (AvgIpc) is 2.98. The molecule has 0 radical (unpaired) electrons. The van der Waals surface area contributed by atoms with Crippen molar-refractivity contribution in [1.82, 2.24) is 10.2 Å². The SMILES string of the molecule is COCCN1CC[C@@H](CNC(=O)COc2ccc(F)cc2F)C1. The molecule has 1 aromatic rings. The van der Waals surface area contributed by atoms with E-state index >= 15 is 0 Å². The minimum atomic E-state index is -0.817. The molecule has 2 rings (SSSR count). The molecule has 0 saturated carbocycles. The number of benzene rings is 1. The lowest BCUT2D eigenvalue weighted by Gasteiger charge is -2.15. The third-order valence-electron chi connectivity index (χ3n) is 3.82. The molecule has 0 unspecified atom stereocenters. The number of likely N-dealkylation sites (tertiary alicyclic amines) is 1. The standard InChI is InChI=1S/C16H22F2N2O3/c1-22-7-6-20-5-4-12(10-20)9-19-16(21)11-23-15-3-2-13(17)8-14(15)18/h2-3,8,12H,4-7,9-11H2,1H3,(H,19,21)/t12-/m0/s1. The highest BCUT2D eigenvalue weighted by molar-refractivity contribution is 5.77. The van der Waals surface area contributed by atoms with Gasteiger partial charge in [0.15, 0.2) is 18.2 Å². The number of halogens is 2. The minimum Gasteiger partial charge on any atom is -0.481 e. The Labute approximate surface area is 134 Å². The number of methoxy groups -OCH3 is 1. The number of rotatable bonds is 8. The van der Waals surface area contributed by atoms with Gasteiger partial charge in [-0.1, -0.05) is 0 Å². The molecule has 0 aromatic heterocycles. The van der Waals surface area contributed by atoms with Gasteiger partial charge in [-0.2, -0.15) is 0 Å². The molecule has 1 aliphatic heterocycles. The summed E-state index contributed by atoms with van der Waals surface area (Å²) in [5, 5.41) is 2.78. The second kappa shape index (κ2) is 8.79. The van der Waals surface area contributed by atoms with Crippen LogP contribution in [-0.2, 0) is 9.53 Å². The van der Waals surface area contributed by atoms with Gasteiger partial charge in [0.05, 0.1) is 6.61 Å². The highest BCUT2D eigenvalue weighted by atomic mass is 19.1. The Morgan fingerprint density at radius 2 is 2.26 bits per heavy atom. The van der Waals surface area contributed by atoms with Crippen LogP contribution in [0.25, 0.3) is 0 Å². The van der Waals surface area contributed by atoms with Gasteiger partial charge < -0.3 is 19.7 Å². The predicted molar refractivity (Wildman–Crippen MR) is 81.3 cm³/mol. The number of carbonyl (C=O) groups is 1. The second-order valence-corrected chi connectivity index (χ2v) is 5.62. The maximum atomic E-state index is 13.4. The molecule has 1 aromatic carbocycles. The Morgan fingerprint density at radius 3 is 3.00 bits per heavy atom. The molecule has 1 fully saturated rings. The molecule has 1 amide bonds. The van der Waals surface area contributed by atoms with Crippen LogP contribution in [0.5, 0.6) is 5.75 Å². The van der Waals surface area contributed by atoms with Gasteiger partial charge in [-0.25, -0.2) is 8.78 Å². The van der Waals surface area contributed by atoms with Crippen LogP contribution in [0.3, 0.4) is 0 Å². The molecule has 1 heterocycles. The van der Waals surface area contributed by atoms with E-state index in [9.17, 15) is 13.6 Å². The van der Waals surface area contributed by atoms with Gasteiger partial charge in [0.2, 0.25) is 0 Å². The van der Waals surface area contributed by atoms with Gasteiger partial charge >= 0.3 is 0 Å². The van der Waals surface area contributed by atoms with Gasteiger partial charge in [-0.15, -0.1) is 0 Å². The lowest BCUT2D eigenvalue weighted by atomic mass is 10.1. The van der Waals surface area contributed by atoms with Gasteiger partial charge in [-0.05, 0) is 31.0 Å². The van der Waals surface area contributed by atoms with Gasteiger partial charge in [0.1, 0.15) is 5.82 Å². The number of hydrogen-bond acceptors (Lipinski definition) is 4. The van der Waals surface area contributed by atoms with Gasteiger partial charge in [0.25, 0.3) is 5.91 Å². The van der Waals surface area contributed by atoms with Gasteiger partial charge in [0, 0.05) is 32.8 Å². The van der Waals surface area contributed by atoms with Crippen molar-refractivity contribution in [1.29, 1.82) is 0 Å². The van der Waals surface area contributed by atoms with E-state index in [2.05, 4.69) is 10.2 Å². The summed E-state index contributed by atoms with van der Waals surface area (Å²) in [5.74, 6) is -1.54. The van der Waals surface area contributed by atoms with Crippen molar-refractivity contribution in [2.75, 3.05) is 46.5 Å². The maximum Gasteiger partial charge on any atom is 0.257 e. The maximum absolute atomic E-state index is 13.4. The molecule has 1 saturated heterocycles. The topological polar surface area (TPSA) is 50.8 Å². The smallest absolute Gasteiger partial charge is 0.257 e. The number of nitrogens with one attached hydrogen (secondary N) is 1. The number of carbonyl (C=O) groups excluding carboxylic acids is 1. The van der Waals surface area contributed by atoms with Crippen LogP contribution in [0, 0.1) is 17.6 Å². The monoisotopic (exact) mass is 328 g/mol. The molecule has 5 nitrogen and oxygen atoms in total. The summed E-state index contributed by atoms with van der Waals surface area (Å²) >= 11 is 0. The van der Waals surface area contributed by atoms with Crippen molar-refractivity contribution in [3.05, 3.63) is 29.8 Å². The van der Waals surface area contributed by atoms with Gasteiger partial charge in [-0.3, -0.25) is 4.79 Å². The molecule has 7 heteroatoms. The summed E-state index contributed by atoms with van der Waals surface area (Å²) in [4.78, 5) is 14.0. The van der Waals surface area contributed by atoms with Crippen molar-refractivity contribution in [3.8, 4) is 5.75 Å². The van der Waals surface area contributed by atoms with E-state index in [4.69, 9.17) is 9.47 Å². The molecule has 1 N–H and O–H groups in total. The van der Waals surface area contributed by atoms with E-state index in [1.54, 1.807) is 7.11 Å². The van der Waals surface area contributed by atoms with E-state index in [1.165, 1.54) is 6.07 Å². The van der Waals surface area contributed by atoms with Crippen LogP contribution >= 0.6 is 0 Å². The van der Waals surface area contributed by atoms with Crippen molar-refractivity contribution in [3.63, 3.8) is 0 Å². The summed E-state index contributed by atoms with van der Waals surface area (Å²) in [6.45, 7) is 3.81. The Morgan fingerprint density at radius 1 is 1.43 bits per heavy atom. The first-order chi connectivity index (χ1) is 11.1. The third kappa shape index (κ3) is 5.76. The minimum absolute atomic E-state index is 0.131. The third-order valence-corrected chi connectivity index (χ3v) is 3.82. The molecule has 0 aliphatic carbocycles. The van der Waals surface area contributed by atoms with Crippen molar-refractivity contribution in [2.24, 2.45) is 5.92 Å². The molecular formula is C16H22F2N2O3. The molecule has 23 heavy (non-hydrogen) atoms. The van der Waals surface area contributed by atoms with Crippen LogP contribution < -0.4 is 10.1 Å². The van der Waals surface area contributed by atoms with E-state index in [1.807, 2.05) is 0 Å². The molecule has 1 aliphatic rings. The summed E-state index contributed by atoms with van der Waals surface area (Å²) in [7, 11) is 1.68. The van der Waals surface area contributed by atoms with Crippen LogP contribution in [0.15, 0.2) is 18.2 Å². The van der Waals surface area contributed by atoms with E-state index in [-0.39, 0.29) is 18.3 Å². The summed E-state index contributed by atoms with van der Waals surface area (Å²) < 4.78 is 36.2. The van der Waals surface area contributed by atoms with Crippen LogP contribution in [0.1, 0.15) is 6.42 Å². The van der Waals surface area contributed by atoms with Crippen LogP contribution in [-0.4, -0.2) is 57.3 Å². The summed E-state index contributed by atoms with van der Waals surface area (Å²) in [5.41, 5.74) is 0. The number of nitrogens with zero attached hydrogens (tertiary/aromatic N) is 1. The summed E-state index contributed by atoms with van der Waals surface area (Å²) in [6.07, 6.45) is 1.03. The first-order valence-electron chi connectivity index (χ1n) is 7.64. The highest BCUT2D eigenvalue weighted by Gasteiger charge is 2.22. The Balaban J connectivity index is 1.66. The van der Waals surface area contributed by atoms with Crippen LogP contribution in [0.2, 0.25) is 0 Å². The Bertz CT molecular complexity index is 528. The molecular weight excluding hydrogens is 306 g/mol. The van der Waals surface area contributed by atoms with Crippen molar-refractivity contribution >= 4 is 5.91 Å². The van der Waals surface area contributed by atoms with E-state index in [0.29, 0.717) is 19.1 Å². The largest absolute Gasteiger partial charge is 0.481 e. The van der Waals surface area contributed by atoms with Crippen molar-refractivity contribution in [2.45, 2.75) is 6.42 Å². The van der Waals surface area contributed by atoms with E-state index in [0.717, 1.165) is 38.2 Å². The Kier molecular flexibility index (Phi) is 6.73. The zero-order valence-corrected chi connectivity index (χ0v) is 13.2. The normalized spacial score (nSPS) is 18.1. The first-order valence-corrected chi connectivity index (χ1v) is 7.64. The highest BCUT2D eigenvalue weighted by Crippen LogP contribution is 2.17. The number of ether oxygens (including phenoxy) is 2. The van der Waals surface area contributed by atoms with Crippen LogP contribution in [0.4, 0.5) is 8.78 Å². The van der Waals surface area contributed by atoms with E-state index < -0.39 is 11.6 Å². The summed E-state index contributed by atoms with van der Waals surface area (Å²) in [6, 6.07) is 2.98. The fourth-order valence-corrected chi connectivity index (χ4v) is 2.55. The molecule has 128 valence electrons. The Hall–Kier alpha value is -1.73. The fourth-order valence-electron chi connectivity index (χ4n) is 2.55. The van der Waals surface area contributed by atoms with Crippen molar-refractivity contribution < 1.29 is 23.0 Å². The lowest BCUT2D eigenvalue weighted by molar-refractivity contribution is -0.123. The lowest BCUT2D eigenvalue weighted by Crippen LogP contribution is -2.34. The number of amides is 1. The molecule has 1 atom stereocenters. The second-order valence-electron chi connectivity index (χ2n) is 5.62. The predicted octanol–water partition coefficient (Wildman–Crippen LogP) is 1.43. The quantitative estimate of drug-likeness (QED) is 0.784. The number of hydrogen-bond donors (Lipinski definition) is 1. The average molecular weight is 328 g/mol. The zero-order valence-electron chi connectivity index (χ0n) is 13.2. The zero-order chi connectivity index (χ0) is 16.7.